The standard InChI is InChI=1S/C16H20N2O3/c19-15(11-5-4-10-6-7-17-14(10)9-11)18-13-3-1-2-12(8-13)16(20)21/h4-5,9,12-13,17H,1-3,6-8H2,(H,18,19)(H,20,21). The lowest BCUT2D eigenvalue weighted by Crippen LogP contribution is -2.39. The second kappa shape index (κ2) is 5.76. The van der Waals surface area contributed by atoms with Gasteiger partial charge in [0.05, 0.1) is 5.92 Å². The highest BCUT2D eigenvalue weighted by Gasteiger charge is 2.28. The summed E-state index contributed by atoms with van der Waals surface area (Å²) in [6.07, 6.45) is 3.96. The number of carboxylic acids is 1. The van der Waals surface area contributed by atoms with Gasteiger partial charge in [0.25, 0.3) is 5.91 Å². The molecule has 0 saturated heterocycles. The second-order valence-corrected chi connectivity index (χ2v) is 5.92. The molecule has 1 aromatic rings. The number of carbonyl (C=O) groups excluding carboxylic acids is 1. The summed E-state index contributed by atoms with van der Waals surface area (Å²) in [4.78, 5) is 23.4. The van der Waals surface area contributed by atoms with E-state index in [1.54, 1.807) is 0 Å². The fourth-order valence-electron chi connectivity index (χ4n) is 3.25. The van der Waals surface area contributed by atoms with Crippen LogP contribution in [0, 0.1) is 5.92 Å². The van der Waals surface area contributed by atoms with Crippen molar-refractivity contribution in [1.29, 1.82) is 0 Å². The largest absolute Gasteiger partial charge is 0.481 e. The first-order valence-electron chi connectivity index (χ1n) is 7.54. The number of rotatable bonds is 3. The summed E-state index contributed by atoms with van der Waals surface area (Å²) in [6.45, 7) is 0.920. The van der Waals surface area contributed by atoms with Gasteiger partial charge in [-0.25, -0.2) is 0 Å². The Bertz CT molecular complexity index is 571. The number of fused-ring (bicyclic) bond motifs is 1. The highest BCUT2D eigenvalue weighted by molar-refractivity contribution is 5.95. The Hall–Kier alpha value is -2.04. The molecule has 0 radical (unpaired) electrons. The molecule has 0 spiro atoms. The van der Waals surface area contributed by atoms with Crippen molar-refractivity contribution in [3.05, 3.63) is 29.3 Å². The van der Waals surface area contributed by atoms with Gasteiger partial charge in [0.1, 0.15) is 0 Å². The normalized spacial score (nSPS) is 24.0. The number of hydrogen-bond acceptors (Lipinski definition) is 3. The molecule has 1 fully saturated rings. The minimum Gasteiger partial charge on any atom is -0.481 e. The Morgan fingerprint density at radius 2 is 2.14 bits per heavy atom. The molecule has 5 nitrogen and oxygen atoms in total. The Labute approximate surface area is 123 Å². The van der Waals surface area contributed by atoms with Gasteiger partial charge in [-0.3, -0.25) is 9.59 Å². The van der Waals surface area contributed by atoms with Crippen molar-refractivity contribution in [1.82, 2.24) is 5.32 Å². The van der Waals surface area contributed by atoms with E-state index in [1.807, 2.05) is 18.2 Å². The molecule has 0 aromatic heterocycles. The molecule has 2 unspecified atom stereocenters. The predicted molar refractivity (Wildman–Crippen MR) is 79.5 cm³/mol. The van der Waals surface area contributed by atoms with Crippen LogP contribution in [0.3, 0.4) is 0 Å². The highest BCUT2D eigenvalue weighted by Crippen LogP contribution is 2.26. The second-order valence-electron chi connectivity index (χ2n) is 5.92. The number of benzene rings is 1. The van der Waals surface area contributed by atoms with Crippen molar-refractivity contribution in [2.45, 2.75) is 38.1 Å². The number of nitrogens with one attached hydrogen (secondary N) is 2. The van der Waals surface area contributed by atoms with Crippen LogP contribution in [0.2, 0.25) is 0 Å². The lowest BCUT2D eigenvalue weighted by Gasteiger charge is -2.27. The zero-order valence-corrected chi connectivity index (χ0v) is 11.9. The minimum atomic E-state index is -0.754. The van der Waals surface area contributed by atoms with Crippen molar-refractivity contribution in [3.8, 4) is 0 Å². The first-order chi connectivity index (χ1) is 10.1. The van der Waals surface area contributed by atoms with Crippen LogP contribution in [0.1, 0.15) is 41.6 Å². The average Bonchev–Trinajstić information content (AvgIpc) is 2.94. The van der Waals surface area contributed by atoms with Gasteiger partial charge in [-0.1, -0.05) is 12.5 Å². The number of hydrogen-bond donors (Lipinski definition) is 3. The van der Waals surface area contributed by atoms with Crippen molar-refractivity contribution < 1.29 is 14.7 Å². The van der Waals surface area contributed by atoms with Crippen molar-refractivity contribution >= 4 is 17.6 Å². The van der Waals surface area contributed by atoms with Gasteiger partial charge in [0.15, 0.2) is 0 Å². The van der Waals surface area contributed by atoms with E-state index in [1.165, 1.54) is 5.56 Å². The molecule has 1 heterocycles. The topological polar surface area (TPSA) is 78.4 Å². The van der Waals surface area contributed by atoms with Gasteiger partial charge in [-0.15, -0.1) is 0 Å². The molecule has 1 amide bonds. The zero-order chi connectivity index (χ0) is 14.8. The van der Waals surface area contributed by atoms with E-state index >= 15 is 0 Å². The fraction of sp³-hybridized carbons (Fsp3) is 0.500. The maximum absolute atomic E-state index is 12.3. The van der Waals surface area contributed by atoms with E-state index in [4.69, 9.17) is 5.11 Å². The quantitative estimate of drug-likeness (QED) is 0.795. The summed E-state index contributed by atoms with van der Waals surface area (Å²) >= 11 is 0. The summed E-state index contributed by atoms with van der Waals surface area (Å²) < 4.78 is 0. The molecule has 1 aromatic carbocycles. The van der Waals surface area contributed by atoms with Crippen molar-refractivity contribution in [3.63, 3.8) is 0 Å². The summed E-state index contributed by atoms with van der Waals surface area (Å²) in [5, 5.41) is 15.3. The van der Waals surface area contributed by atoms with Crippen LogP contribution in [0.25, 0.3) is 0 Å². The van der Waals surface area contributed by atoms with Crippen LogP contribution >= 0.6 is 0 Å². The van der Waals surface area contributed by atoms with E-state index in [2.05, 4.69) is 10.6 Å². The Kier molecular flexibility index (Phi) is 3.82. The summed E-state index contributed by atoms with van der Waals surface area (Å²) in [5.74, 6) is -1.19. The van der Waals surface area contributed by atoms with Gasteiger partial charge in [-0.2, -0.15) is 0 Å². The van der Waals surface area contributed by atoms with Gasteiger partial charge in [-0.05, 0) is 43.4 Å². The minimum absolute atomic E-state index is 0.0337. The monoisotopic (exact) mass is 288 g/mol. The molecule has 3 N–H and O–H groups in total. The molecule has 1 aliphatic heterocycles. The zero-order valence-electron chi connectivity index (χ0n) is 11.9. The van der Waals surface area contributed by atoms with Crippen molar-refractivity contribution in [2.24, 2.45) is 5.92 Å². The molecule has 0 bridgehead atoms. The third-order valence-corrected chi connectivity index (χ3v) is 4.44. The Balaban J connectivity index is 1.64. The van der Waals surface area contributed by atoms with Crippen LogP contribution in [0.15, 0.2) is 18.2 Å². The first-order valence-corrected chi connectivity index (χ1v) is 7.54. The molecule has 21 heavy (non-hydrogen) atoms. The third-order valence-electron chi connectivity index (χ3n) is 4.44. The number of carboxylic acid groups (broad SMARTS) is 1. The van der Waals surface area contributed by atoms with E-state index in [9.17, 15) is 9.59 Å². The Morgan fingerprint density at radius 1 is 1.29 bits per heavy atom. The summed E-state index contributed by atoms with van der Waals surface area (Å²) in [5.41, 5.74) is 2.92. The average molecular weight is 288 g/mol. The molecule has 1 aliphatic carbocycles. The summed E-state index contributed by atoms with van der Waals surface area (Å²) in [6, 6.07) is 5.69. The predicted octanol–water partition coefficient (Wildman–Crippen LogP) is 2.03. The molecular weight excluding hydrogens is 268 g/mol. The SMILES string of the molecule is O=C(NC1CCCC(C(=O)O)C1)c1ccc2c(c1)NCC2. The lowest BCUT2D eigenvalue weighted by molar-refractivity contribution is -0.143. The van der Waals surface area contributed by atoms with Gasteiger partial charge < -0.3 is 15.7 Å². The molecule has 2 aliphatic rings. The maximum atomic E-state index is 12.3. The smallest absolute Gasteiger partial charge is 0.306 e. The highest BCUT2D eigenvalue weighted by atomic mass is 16.4. The van der Waals surface area contributed by atoms with Gasteiger partial charge in [0.2, 0.25) is 0 Å². The molecule has 1 saturated carbocycles. The maximum Gasteiger partial charge on any atom is 0.306 e. The van der Waals surface area contributed by atoms with Gasteiger partial charge in [0, 0.05) is 23.8 Å². The van der Waals surface area contributed by atoms with Crippen molar-refractivity contribution in [2.75, 3.05) is 11.9 Å². The molecular formula is C16H20N2O3. The van der Waals surface area contributed by atoms with E-state index in [-0.39, 0.29) is 17.9 Å². The van der Waals surface area contributed by atoms with E-state index < -0.39 is 5.97 Å². The third kappa shape index (κ3) is 3.01. The van der Waals surface area contributed by atoms with Gasteiger partial charge >= 0.3 is 5.97 Å². The van der Waals surface area contributed by atoms with Crippen LogP contribution < -0.4 is 10.6 Å². The Morgan fingerprint density at radius 3 is 2.95 bits per heavy atom. The van der Waals surface area contributed by atoms with Crippen LogP contribution in [-0.4, -0.2) is 29.6 Å². The molecule has 2 atom stereocenters. The number of carbonyl (C=O) groups is 2. The van der Waals surface area contributed by atoms with E-state index in [0.29, 0.717) is 18.4 Å². The molecule has 3 rings (SSSR count). The number of amides is 1. The summed E-state index contributed by atoms with van der Waals surface area (Å²) in [7, 11) is 0. The van der Waals surface area contributed by atoms with Crippen LogP contribution in [0.4, 0.5) is 5.69 Å². The van der Waals surface area contributed by atoms with Crippen LogP contribution in [-0.2, 0) is 11.2 Å². The van der Waals surface area contributed by atoms with E-state index in [0.717, 1.165) is 31.5 Å². The number of aliphatic carboxylic acids is 1. The number of anilines is 1. The van der Waals surface area contributed by atoms with Crippen LogP contribution in [0.5, 0.6) is 0 Å². The molecule has 5 heteroatoms. The fourth-order valence-corrected chi connectivity index (χ4v) is 3.25. The lowest BCUT2D eigenvalue weighted by atomic mass is 9.85. The molecule has 112 valence electrons. The first kappa shape index (κ1) is 13.9.